The van der Waals surface area contributed by atoms with Crippen LogP contribution >= 0.6 is 0 Å². The molecule has 0 saturated carbocycles. The fourth-order valence-electron chi connectivity index (χ4n) is 4.20. The van der Waals surface area contributed by atoms with Crippen LogP contribution in [0.5, 0.6) is 11.6 Å². The standard InChI is InChI=1S/C28H38N8O2/c1-7-8-20-13-21(16-31-19(20)2)36-17-22(18-36)38-27-9-10-30-28(33-27)32-24-14-23(29)25(15-26(24)37-6)35(5)12-11-34(3)4/h7-10,13-16,22H,11-12,17-18,29H2,1-6H3,(H,30,32,33)/b8-7-. The van der Waals surface area contributed by atoms with E-state index in [4.69, 9.17) is 15.2 Å². The van der Waals surface area contributed by atoms with Crippen LogP contribution in [0.25, 0.3) is 6.08 Å². The number of ether oxygens (including phenoxy) is 2. The third-order valence-electron chi connectivity index (χ3n) is 6.48. The molecule has 3 aromatic rings. The second-order valence-electron chi connectivity index (χ2n) is 9.69. The summed E-state index contributed by atoms with van der Waals surface area (Å²) in [5.41, 5.74) is 11.9. The van der Waals surface area contributed by atoms with Gasteiger partial charge in [-0.15, -0.1) is 0 Å². The molecular weight excluding hydrogens is 480 g/mol. The summed E-state index contributed by atoms with van der Waals surface area (Å²) in [6.07, 6.45) is 7.73. The minimum atomic E-state index is 0.0337. The zero-order chi connectivity index (χ0) is 27.2. The lowest BCUT2D eigenvalue weighted by molar-refractivity contribution is 0.160. The molecule has 1 fully saturated rings. The summed E-state index contributed by atoms with van der Waals surface area (Å²) in [6, 6.07) is 7.70. The van der Waals surface area contributed by atoms with E-state index in [1.807, 2.05) is 59.4 Å². The van der Waals surface area contributed by atoms with Gasteiger partial charge in [-0.3, -0.25) is 4.98 Å². The molecule has 0 spiro atoms. The first-order valence-corrected chi connectivity index (χ1v) is 12.7. The summed E-state index contributed by atoms with van der Waals surface area (Å²) < 4.78 is 11.8. The summed E-state index contributed by atoms with van der Waals surface area (Å²) in [5.74, 6) is 1.57. The van der Waals surface area contributed by atoms with Gasteiger partial charge in [-0.05, 0) is 45.6 Å². The minimum absolute atomic E-state index is 0.0337. The average Bonchev–Trinajstić information content (AvgIpc) is 2.86. The van der Waals surface area contributed by atoms with Crippen LogP contribution in [-0.2, 0) is 0 Å². The molecule has 0 atom stereocenters. The lowest BCUT2D eigenvalue weighted by Crippen LogP contribution is -2.54. The lowest BCUT2D eigenvalue weighted by atomic mass is 10.1. The van der Waals surface area contributed by atoms with Gasteiger partial charge < -0.3 is 35.2 Å². The second kappa shape index (κ2) is 12.0. The van der Waals surface area contributed by atoms with Crippen molar-refractivity contribution in [3.63, 3.8) is 0 Å². The topological polar surface area (TPSA) is 105 Å². The highest BCUT2D eigenvalue weighted by atomic mass is 16.5. The first-order valence-electron chi connectivity index (χ1n) is 12.7. The summed E-state index contributed by atoms with van der Waals surface area (Å²) in [7, 11) is 7.75. The number of likely N-dealkylation sites (N-methyl/N-ethyl adjacent to an activating group) is 2. The molecule has 1 aliphatic heterocycles. The quantitative estimate of drug-likeness (QED) is 0.364. The number of nitrogens with one attached hydrogen (secondary N) is 1. The number of rotatable bonds is 11. The van der Waals surface area contributed by atoms with Crippen LogP contribution in [0.1, 0.15) is 18.2 Å². The average molecular weight is 519 g/mol. The Hall–Kier alpha value is -4.05. The number of benzene rings is 1. The Labute approximate surface area is 225 Å². The molecule has 0 aliphatic carbocycles. The van der Waals surface area contributed by atoms with Gasteiger partial charge in [0.15, 0.2) is 0 Å². The molecule has 0 bridgehead atoms. The molecule has 0 unspecified atom stereocenters. The van der Waals surface area contributed by atoms with Gasteiger partial charge in [-0.25, -0.2) is 4.98 Å². The monoisotopic (exact) mass is 518 g/mol. The molecule has 10 nitrogen and oxygen atoms in total. The minimum Gasteiger partial charge on any atom is -0.494 e. The summed E-state index contributed by atoms with van der Waals surface area (Å²) in [6.45, 7) is 7.31. The van der Waals surface area contributed by atoms with Crippen LogP contribution in [-0.4, -0.2) is 80.4 Å². The van der Waals surface area contributed by atoms with E-state index in [1.54, 1.807) is 19.4 Å². The van der Waals surface area contributed by atoms with Gasteiger partial charge in [0.05, 0.1) is 49.1 Å². The van der Waals surface area contributed by atoms with Crippen molar-refractivity contribution in [2.75, 3.05) is 75.3 Å². The van der Waals surface area contributed by atoms with Gasteiger partial charge in [-0.2, -0.15) is 4.98 Å². The van der Waals surface area contributed by atoms with E-state index in [0.29, 0.717) is 29.0 Å². The number of aryl methyl sites for hydroxylation is 1. The van der Waals surface area contributed by atoms with Gasteiger partial charge in [0, 0.05) is 44.2 Å². The van der Waals surface area contributed by atoms with E-state index in [9.17, 15) is 0 Å². The predicted octanol–water partition coefficient (Wildman–Crippen LogP) is 3.81. The van der Waals surface area contributed by atoms with Crippen LogP contribution in [0.4, 0.5) is 28.7 Å². The zero-order valence-corrected chi connectivity index (χ0v) is 23.1. The molecule has 3 heterocycles. The summed E-state index contributed by atoms with van der Waals surface area (Å²) in [4.78, 5) is 19.9. The van der Waals surface area contributed by atoms with E-state index in [1.165, 1.54) is 0 Å². The Balaban J connectivity index is 1.40. The van der Waals surface area contributed by atoms with Crippen molar-refractivity contribution in [2.24, 2.45) is 0 Å². The molecule has 0 amide bonds. The van der Waals surface area contributed by atoms with E-state index in [0.717, 1.165) is 48.8 Å². The molecule has 1 aliphatic rings. The number of pyridine rings is 1. The highest BCUT2D eigenvalue weighted by Crippen LogP contribution is 2.36. The SMILES string of the molecule is C/C=C\c1cc(N2CC(Oc3ccnc(Nc4cc(N)c(N(C)CCN(C)C)cc4OC)n3)C2)cnc1C. The van der Waals surface area contributed by atoms with Gasteiger partial charge in [0.25, 0.3) is 0 Å². The Morgan fingerprint density at radius 2 is 1.95 bits per heavy atom. The van der Waals surface area contributed by atoms with Crippen molar-refractivity contribution in [2.45, 2.75) is 20.0 Å². The number of nitrogens with two attached hydrogens (primary N) is 1. The van der Waals surface area contributed by atoms with Crippen molar-refractivity contribution in [1.29, 1.82) is 0 Å². The number of methoxy groups -OCH3 is 1. The van der Waals surface area contributed by atoms with Crippen molar-refractivity contribution in [3.05, 3.63) is 54.0 Å². The molecule has 0 radical (unpaired) electrons. The maximum atomic E-state index is 6.39. The molecule has 2 aromatic heterocycles. The van der Waals surface area contributed by atoms with Crippen LogP contribution in [0.3, 0.4) is 0 Å². The smallest absolute Gasteiger partial charge is 0.230 e. The third-order valence-corrected chi connectivity index (χ3v) is 6.48. The predicted molar refractivity (Wildman–Crippen MR) is 155 cm³/mol. The fourth-order valence-corrected chi connectivity index (χ4v) is 4.20. The molecular formula is C28H38N8O2. The first kappa shape index (κ1) is 27.0. The molecule has 10 heteroatoms. The normalized spacial score (nSPS) is 13.6. The van der Waals surface area contributed by atoms with Crippen molar-refractivity contribution in [3.8, 4) is 11.6 Å². The van der Waals surface area contributed by atoms with Gasteiger partial charge in [0.1, 0.15) is 11.9 Å². The van der Waals surface area contributed by atoms with Crippen molar-refractivity contribution in [1.82, 2.24) is 19.9 Å². The van der Waals surface area contributed by atoms with E-state index >= 15 is 0 Å². The Kier molecular flexibility index (Phi) is 8.52. The Bertz CT molecular complexity index is 1270. The molecule has 38 heavy (non-hydrogen) atoms. The first-order chi connectivity index (χ1) is 18.3. The maximum absolute atomic E-state index is 6.39. The number of nitrogen functional groups attached to an aromatic ring is 1. The number of nitrogens with zero attached hydrogens (tertiary/aromatic N) is 6. The largest absolute Gasteiger partial charge is 0.494 e. The van der Waals surface area contributed by atoms with E-state index < -0.39 is 0 Å². The second-order valence-corrected chi connectivity index (χ2v) is 9.69. The highest BCUT2D eigenvalue weighted by molar-refractivity contribution is 5.79. The molecule has 1 saturated heterocycles. The van der Waals surface area contributed by atoms with Crippen molar-refractivity contribution >= 4 is 34.8 Å². The summed E-state index contributed by atoms with van der Waals surface area (Å²) in [5, 5.41) is 3.23. The molecule has 202 valence electrons. The molecule has 1 aromatic carbocycles. The molecule has 4 rings (SSSR count). The van der Waals surface area contributed by atoms with Crippen LogP contribution in [0.2, 0.25) is 0 Å². The van der Waals surface area contributed by atoms with Gasteiger partial charge >= 0.3 is 0 Å². The van der Waals surface area contributed by atoms with E-state index in [-0.39, 0.29) is 6.10 Å². The number of anilines is 5. The zero-order valence-electron chi connectivity index (χ0n) is 23.1. The molecule has 3 N–H and O–H groups in total. The Morgan fingerprint density at radius 1 is 1.16 bits per heavy atom. The van der Waals surface area contributed by atoms with Gasteiger partial charge in [-0.1, -0.05) is 12.2 Å². The highest BCUT2D eigenvalue weighted by Gasteiger charge is 2.29. The van der Waals surface area contributed by atoms with Crippen LogP contribution in [0.15, 0.2) is 42.7 Å². The number of hydrogen-bond acceptors (Lipinski definition) is 10. The summed E-state index contributed by atoms with van der Waals surface area (Å²) >= 11 is 0. The maximum Gasteiger partial charge on any atom is 0.230 e. The van der Waals surface area contributed by atoms with Crippen molar-refractivity contribution < 1.29 is 9.47 Å². The van der Waals surface area contributed by atoms with E-state index in [2.05, 4.69) is 47.1 Å². The fraction of sp³-hybridized carbons (Fsp3) is 0.393. The van der Waals surface area contributed by atoms with Crippen LogP contribution in [0, 0.1) is 6.92 Å². The van der Waals surface area contributed by atoms with Gasteiger partial charge in [0.2, 0.25) is 11.8 Å². The number of allylic oxidation sites excluding steroid dienone is 1. The lowest BCUT2D eigenvalue weighted by Gasteiger charge is -2.40. The Morgan fingerprint density at radius 3 is 2.66 bits per heavy atom. The van der Waals surface area contributed by atoms with Crippen LogP contribution < -0.4 is 30.3 Å². The third kappa shape index (κ3) is 6.44. The number of hydrogen-bond donors (Lipinski definition) is 2. The number of aromatic nitrogens is 3.